The van der Waals surface area contributed by atoms with Crippen LogP contribution in [-0.4, -0.2) is 25.3 Å². The van der Waals surface area contributed by atoms with Crippen LogP contribution >= 0.6 is 0 Å². The third-order valence-electron chi connectivity index (χ3n) is 3.81. The molecule has 1 heterocycles. The fraction of sp³-hybridized carbons (Fsp3) is 0.294. The molecule has 7 heteroatoms. The van der Waals surface area contributed by atoms with Crippen LogP contribution in [0.4, 0.5) is 11.4 Å². The molecule has 0 saturated heterocycles. The molecule has 2 aromatic carbocycles. The average molecular weight is 355 g/mol. The molecule has 0 unspecified atom stereocenters. The van der Waals surface area contributed by atoms with Gasteiger partial charge in [0.25, 0.3) is 0 Å². The van der Waals surface area contributed by atoms with E-state index in [4.69, 9.17) is 4.74 Å². The van der Waals surface area contributed by atoms with Crippen LogP contribution in [0.1, 0.15) is 17.5 Å². The van der Waals surface area contributed by atoms with E-state index in [1.54, 1.807) is 0 Å². The van der Waals surface area contributed by atoms with Crippen molar-refractivity contribution in [3.8, 4) is 11.5 Å². The maximum absolute atomic E-state index is 10.9. The molecule has 5 nitrogen and oxygen atoms in total. The predicted octanol–water partition coefficient (Wildman–Crippen LogP) is 0.487. The van der Waals surface area contributed by atoms with Crippen molar-refractivity contribution in [3.05, 3.63) is 47.5 Å². The second-order valence-corrected chi connectivity index (χ2v) is 7.34. The molecule has 0 fully saturated rings. The number of hydrogen-bond acceptors (Lipinski definition) is 5. The zero-order valence-electron chi connectivity index (χ0n) is 14.1. The number of fused-ring (bicyclic) bond motifs is 2. The predicted molar refractivity (Wildman–Crippen MR) is 88.6 cm³/mol. The van der Waals surface area contributed by atoms with Crippen molar-refractivity contribution in [1.82, 2.24) is 0 Å². The Morgan fingerprint density at radius 2 is 1.67 bits per heavy atom. The minimum atomic E-state index is -4.20. The van der Waals surface area contributed by atoms with Crippen molar-refractivity contribution >= 4 is 21.5 Å². The topological polar surface area (TPSA) is 69.7 Å². The number of ether oxygens (including phenoxy) is 1. The first-order valence-corrected chi connectivity index (χ1v) is 9.01. The van der Waals surface area contributed by atoms with Gasteiger partial charge in [-0.15, -0.1) is 0 Å². The van der Waals surface area contributed by atoms with E-state index in [9.17, 15) is 13.0 Å². The van der Waals surface area contributed by atoms with Crippen molar-refractivity contribution in [2.45, 2.75) is 20.3 Å². The van der Waals surface area contributed by atoms with Crippen LogP contribution in [0.25, 0.3) is 0 Å². The Hall–Kier alpha value is -1.05. The monoisotopic (exact) mass is 355 g/mol. The van der Waals surface area contributed by atoms with Gasteiger partial charge in [0.2, 0.25) is 0 Å². The van der Waals surface area contributed by atoms with Gasteiger partial charge in [0.15, 0.2) is 11.5 Å². The maximum atomic E-state index is 10.9. The Morgan fingerprint density at radius 3 is 2.38 bits per heavy atom. The Balaban J connectivity index is 0.00000208. The van der Waals surface area contributed by atoms with Gasteiger partial charge in [0, 0.05) is 12.3 Å². The van der Waals surface area contributed by atoms with E-state index in [-0.39, 0.29) is 41.7 Å². The van der Waals surface area contributed by atoms with Crippen LogP contribution in [-0.2, 0) is 10.1 Å². The van der Waals surface area contributed by atoms with E-state index in [0.717, 1.165) is 34.0 Å². The summed E-state index contributed by atoms with van der Waals surface area (Å²) in [5.41, 5.74) is 3.95. The molecule has 1 aliphatic heterocycles. The van der Waals surface area contributed by atoms with Crippen molar-refractivity contribution in [2.24, 2.45) is 0 Å². The summed E-state index contributed by atoms with van der Waals surface area (Å²) < 4.78 is 38.6. The first kappa shape index (κ1) is 19.3. The molecule has 0 amide bonds. The molecule has 24 heavy (non-hydrogen) atoms. The summed E-state index contributed by atoms with van der Waals surface area (Å²) >= 11 is 0. The summed E-state index contributed by atoms with van der Waals surface area (Å²) in [6.07, 6.45) is 0.270. The zero-order chi connectivity index (χ0) is 16.6. The number of anilines is 2. The number of benzene rings is 2. The van der Waals surface area contributed by atoms with Gasteiger partial charge >= 0.3 is 29.6 Å². The van der Waals surface area contributed by atoms with Gasteiger partial charge in [-0.3, -0.25) is 0 Å². The normalized spacial score (nSPS) is 12.7. The SMILES string of the molecule is Cc1ccc2c(c1)Oc1ccc(C)cc1N2CCCS(=O)(=O)[O-].[Na+]. The summed E-state index contributed by atoms with van der Waals surface area (Å²) in [6, 6.07) is 11.8. The summed E-state index contributed by atoms with van der Waals surface area (Å²) in [7, 11) is -4.20. The second-order valence-electron chi connectivity index (χ2n) is 5.81. The molecule has 1 aliphatic rings. The van der Waals surface area contributed by atoms with E-state index in [1.807, 2.05) is 55.1 Å². The zero-order valence-corrected chi connectivity index (χ0v) is 16.9. The summed E-state index contributed by atoms with van der Waals surface area (Å²) in [4.78, 5) is 2.02. The molecule has 0 saturated carbocycles. The number of aryl methyl sites for hydroxylation is 2. The standard InChI is InChI=1S/C17H19NO4S.Na/c1-12-5-7-16-15(10-12)18(8-3-9-23(19,20)21)14-6-4-13(2)11-17(14)22-16;/h4-7,10-11H,3,8-9H2,1-2H3,(H,19,20,21);/q;+1/p-1. The summed E-state index contributed by atoms with van der Waals surface area (Å²) in [5.74, 6) is 1.11. The van der Waals surface area contributed by atoms with E-state index >= 15 is 0 Å². The van der Waals surface area contributed by atoms with Crippen LogP contribution in [0.15, 0.2) is 36.4 Å². The van der Waals surface area contributed by atoms with Crippen LogP contribution in [0, 0.1) is 13.8 Å². The molecule has 0 aliphatic carbocycles. The van der Waals surface area contributed by atoms with Gasteiger partial charge < -0.3 is 14.2 Å². The van der Waals surface area contributed by atoms with Crippen molar-refractivity contribution in [3.63, 3.8) is 0 Å². The van der Waals surface area contributed by atoms with E-state index in [2.05, 4.69) is 0 Å². The molecule has 0 aromatic heterocycles. The average Bonchev–Trinajstić information content (AvgIpc) is 2.45. The molecule has 0 atom stereocenters. The second kappa shape index (κ2) is 7.45. The minimum absolute atomic E-state index is 0. The van der Waals surface area contributed by atoms with E-state index < -0.39 is 10.1 Å². The number of hydrogen-bond donors (Lipinski definition) is 0. The number of nitrogens with zero attached hydrogens (tertiary/aromatic N) is 1. The first-order valence-electron chi connectivity index (χ1n) is 7.44. The maximum Gasteiger partial charge on any atom is 1.00 e. The fourth-order valence-electron chi connectivity index (χ4n) is 2.74. The van der Waals surface area contributed by atoms with Crippen LogP contribution in [0.2, 0.25) is 0 Å². The minimum Gasteiger partial charge on any atom is -0.748 e. The molecule has 0 spiro atoms. The van der Waals surface area contributed by atoms with E-state index in [1.165, 1.54) is 0 Å². The molecule has 2 aromatic rings. The molecule has 0 radical (unpaired) electrons. The summed E-state index contributed by atoms with van der Waals surface area (Å²) in [5, 5.41) is 0. The molecule has 3 rings (SSSR count). The Labute approximate surface area is 164 Å². The molecule has 0 N–H and O–H groups in total. The van der Waals surface area contributed by atoms with Gasteiger partial charge in [-0.2, -0.15) is 0 Å². The Morgan fingerprint density at radius 1 is 1.00 bits per heavy atom. The molecular weight excluding hydrogens is 337 g/mol. The molecule has 0 bridgehead atoms. The van der Waals surface area contributed by atoms with Crippen molar-refractivity contribution in [2.75, 3.05) is 17.2 Å². The number of rotatable bonds is 4. The Kier molecular flexibility index (Phi) is 5.99. The van der Waals surface area contributed by atoms with Gasteiger partial charge in [0.1, 0.15) is 0 Å². The van der Waals surface area contributed by atoms with Crippen LogP contribution < -0.4 is 39.2 Å². The third-order valence-corrected chi connectivity index (χ3v) is 4.60. The Bertz CT molecular complexity index is 852. The largest absolute Gasteiger partial charge is 1.00 e. The van der Waals surface area contributed by atoms with Crippen LogP contribution in [0.5, 0.6) is 11.5 Å². The van der Waals surface area contributed by atoms with Gasteiger partial charge in [-0.25, -0.2) is 8.42 Å². The van der Waals surface area contributed by atoms with Crippen molar-refractivity contribution < 1.29 is 47.3 Å². The first-order chi connectivity index (χ1) is 10.8. The fourth-order valence-corrected chi connectivity index (χ4v) is 3.22. The molecule has 122 valence electrons. The van der Waals surface area contributed by atoms with Gasteiger partial charge in [0.05, 0.1) is 21.5 Å². The smallest absolute Gasteiger partial charge is 0.748 e. The van der Waals surface area contributed by atoms with E-state index in [0.29, 0.717) is 6.54 Å². The molecular formula is C17H18NNaO4S. The van der Waals surface area contributed by atoms with Gasteiger partial charge in [-0.05, 0) is 55.7 Å². The summed E-state index contributed by atoms with van der Waals surface area (Å²) in [6.45, 7) is 4.42. The van der Waals surface area contributed by atoms with Crippen LogP contribution in [0.3, 0.4) is 0 Å². The van der Waals surface area contributed by atoms with Gasteiger partial charge in [-0.1, -0.05) is 12.1 Å². The van der Waals surface area contributed by atoms with Crippen molar-refractivity contribution in [1.29, 1.82) is 0 Å². The quantitative estimate of drug-likeness (QED) is 0.590. The third kappa shape index (κ3) is 4.32.